The van der Waals surface area contributed by atoms with Gasteiger partial charge in [-0.3, -0.25) is 0 Å². The van der Waals surface area contributed by atoms with E-state index in [2.05, 4.69) is 32.7 Å². The Bertz CT molecular complexity index is 568. The molecule has 4 nitrogen and oxygen atoms in total. The zero-order valence-corrected chi connectivity index (χ0v) is 13.0. The van der Waals surface area contributed by atoms with E-state index in [-0.39, 0.29) is 0 Å². The first-order valence-electron chi connectivity index (χ1n) is 5.52. The molecule has 1 aromatic heterocycles. The first-order chi connectivity index (χ1) is 8.44. The molecular formula is C12H13ClIN3O. The maximum absolute atomic E-state index is 6.08. The van der Waals surface area contributed by atoms with E-state index < -0.39 is 5.54 Å². The van der Waals surface area contributed by atoms with E-state index in [1.807, 2.05) is 26.0 Å². The Hall–Kier alpha value is -0.660. The van der Waals surface area contributed by atoms with Gasteiger partial charge in [0.05, 0.1) is 11.1 Å². The van der Waals surface area contributed by atoms with Crippen LogP contribution < -0.4 is 5.73 Å². The van der Waals surface area contributed by atoms with Gasteiger partial charge in [0.2, 0.25) is 0 Å². The minimum absolute atomic E-state index is 0.446. The van der Waals surface area contributed by atoms with Gasteiger partial charge in [-0.25, -0.2) is 0 Å². The van der Waals surface area contributed by atoms with E-state index in [0.29, 0.717) is 16.7 Å². The summed E-state index contributed by atoms with van der Waals surface area (Å²) >= 11 is 8.18. The summed E-state index contributed by atoms with van der Waals surface area (Å²) in [5.41, 5.74) is 6.33. The van der Waals surface area contributed by atoms with Gasteiger partial charge in [0, 0.05) is 8.59 Å². The molecule has 1 heterocycles. The molecule has 2 N–H and O–H groups in total. The Morgan fingerprint density at radius 2 is 2.22 bits per heavy atom. The van der Waals surface area contributed by atoms with Crippen molar-refractivity contribution in [3.8, 4) is 11.5 Å². The number of nitrogens with two attached hydrogens (primary N) is 1. The highest BCUT2D eigenvalue weighted by atomic mass is 127. The van der Waals surface area contributed by atoms with Gasteiger partial charge in [-0.15, -0.1) is 0 Å². The number of hydrogen-bond donors (Lipinski definition) is 1. The summed E-state index contributed by atoms with van der Waals surface area (Å²) in [4.78, 5) is 4.36. The van der Waals surface area contributed by atoms with Crippen LogP contribution in [0.1, 0.15) is 26.1 Å². The lowest BCUT2D eigenvalue weighted by molar-refractivity contribution is 0.379. The van der Waals surface area contributed by atoms with Gasteiger partial charge in [0.25, 0.3) is 5.89 Å². The summed E-state index contributed by atoms with van der Waals surface area (Å²) in [6, 6.07) is 5.53. The second-order valence-electron chi connectivity index (χ2n) is 4.32. The van der Waals surface area contributed by atoms with Crippen LogP contribution >= 0.6 is 34.2 Å². The quantitative estimate of drug-likeness (QED) is 0.830. The van der Waals surface area contributed by atoms with E-state index in [4.69, 9.17) is 21.9 Å². The normalized spacial score (nSPS) is 14.5. The molecule has 0 aliphatic carbocycles. The third-order valence-electron chi connectivity index (χ3n) is 2.83. The number of hydrogen-bond acceptors (Lipinski definition) is 4. The standard InChI is InChI=1S/C12H13ClIN3O/c1-3-12(2,15)11-16-10(18-17-11)8-6-7(13)4-5-9(8)14/h4-6H,3,15H2,1-2H3. The third kappa shape index (κ3) is 2.67. The summed E-state index contributed by atoms with van der Waals surface area (Å²) in [7, 11) is 0. The van der Waals surface area contributed by atoms with E-state index >= 15 is 0 Å². The molecular weight excluding hydrogens is 365 g/mol. The van der Waals surface area contributed by atoms with Crippen LogP contribution in [0.3, 0.4) is 0 Å². The molecule has 0 amide bonds. The lowest BCUT2D eigenvalue weighted by Gasteiger charge is -2.16. The van der Waals surface area contributed by atoms with Crippen LogP contribution in [0.25, 0.3) is 11.5 Å². The van der Waals surface area contributed by atoms with Crippen molar-refractivity contribution in [2.75, 3.05) is 0 Å². The summed E-state index contributed by atoms with van der Waals surface area (Å²) < 4.78 is 6.27. The van der Waals surface area contributed by atoms with Gasteiger partial charge in [-0.05, 0) is 54.1 Å². The number of benzene rings is 1. The van der Waals surface area contributed by atoms with Crippen molar-refractivity contribution in [1.82, 2.24) is 10.1 Å². The summed E-state index contributed by atoms with van der Waals surface area (Å²) in [6.45, 7) is 3.86. The molecule has 0 aliphatic heterocycles. The maximum atomic E-state index is 6.08. The highest BCUT2D eigenvalue weighted by Crippen LogP contribution is 2.28. The molecule has 0 aliphatic rings. The largest absolute Gasteiger partial charge is 0.334 e. The topological polar surface area (TPSA) is 64.9 Å². The van der Waals surface area contributed by atoms with Gasteiger partial charge < -0.3 is 10.3 Å². The van der Waals surface area contributed by atoms with Crippen LogP contribution in [-0.2, 0) is 5.54 Å². The molecule has 0 spiro atoms. The lowest BCUT2D eigenvalue weighted by Crippen LogP contribution is -2.33. The monoisotopic (exact) mass is 377 g/mol. The van der Waals surface area contributed by atoms with Crippen LogP contribution in [0.5, 0.6) is 0 Å². The number of aromatic nitrogens is 2. The van der Waals surface area contributed by atoms with E-state index in [9.17, 15) is 0 Å². The Balaban J connectivity index is 2.44. The van der Waals surface area contributed by atoms with Crippen LogP contribution in [0.15, 0.2) is 22.7 Å². The van der Waals surface area contributed by atoms with Crippen LogP contribution in [-0.4, -0.2) is 10.1 Å². The summed E-state index contributed by atoms with van der Waals surface area (Å²) in [5, 5.41) is 4.58. The fourth-order valence-electron chi connectivity index (χ4n) is 1.38. The van der Waals surface area contributed by atoms with Crippen molar-refractivity contribution in [3.05, 3.63) is 32.6 Å². The molecule has 1 atom stereocenters. The zero-order valence-electron chi connectivity index (χ0n) is 10.1. The first-order valence-corrected chi connectivity index (χ1v) is 6.98. The number of halogens is 2. The lowest BCUT2D eigenvalue weighted by atomic mass is 10.0. The predicted molar refractivity (Wildman–Crippen MR) is 79.3 cm³/mol. The van der Waals surface area contributed by atoms with Crippen LogP contribution in [0, 0.1) is 3.57 Å². The molecule has 0 saturated carbocycles. The average Bonchev–Trinajstić information content (AvgIpc) is 2.82. The third-order valence-corrected chi connectivity index (χ3v) is 4.01. The van der Waals surface area contributed by atoms with Gasteiger partial charge >= 0.3 is 0 Å². The van der Waals surface area contributed by atoms with Gasteiger partial charge in [0.15, 0.2) is 5.82 Å². The van der Waals surface area contributed by atoms with Crippen molar-refractivity contribution < 1.29 is 4.52 Å². The fraction of sp³-hybridized carbons (Fsp3) is 0.333. The molecule has 2 rings (SSSR count). The smallest absolute Gasteiger partial charge is 0.259 e. The predicted octanol–water partition coefficient (Wildman–Crippen LogP) is 3.58. The van der Waals surface area contributed by atoms with Crippen molar-refractivity contribution in [3.63, 3.8) is 0 Å². The minimum atomic E-state index is -0.578. The van der Waals surface area contributed by atoms with Crippen molar-refractivity contribution in [2.24, 2.45) is 5.73 Å². The Morgan fingerprint density at radius 3 is 2.89 bits per heavy atom. The number of nitrogens with zero attached hydrogens (tertiary/aromatic N) is 2. The molecule has 1 unspecified atom stereocenters. The van der Waals surface area contributed by atoms with Gasteiger partial charge in [-0.2, -0.15) is 4.98 Å². The van der Waals surface area contributed by atoms with Crippen molar-refractivity contribution in [1.29, 1.82) is 0 Å². The molecule has 0 saturated heterocycles. The SMILES string of the molecule is CCC(C)(N)c1noc(-c2cc(Cl)ccc2I)n1. The molecule has 96 valence electrons. The second-order valence-corrected chi connectivity index (χ2v) is 5.92. The number of rotatable bonds is 3. The van der Waals surface area contributed by atoms with Crippen molar-refractivity contribution in [2.45, 2.75) is 25.8 Å². The van der Waals surface area contributed by atoms with Crippen LogP contribution in [0.4, 0.5) is 0 Å². The molecule has 0 fully saturated rings. The molecule has 0 radical (unpaired) electrons. The molecule has 6 heteroatoms. The molecule has 18 heavy (non-hydrogen) atoms. The average molecular weight is 378 g/mol. The highest BCUT2D eigenvalue weighted by Gasteiger charge is 2.26. The van der Waals surface area contributed by atoms with E-state index in [0.717, 1.165) is 15.6 Å². The highest BCUT2D eigenvalue weighted by molar-refractivity contribution is 14.1. The zero-order chi connectivity index (χ0) is 13.3. The molecule has 0 bridgehead atoms. The second kappa shape index (κ2) is 5.14. The van der Waals surface area contributed by atoms with Gasteiger partial charge in [0.1, 0.15) is 0 Å². The van der Waals surface area contributed by atoms with E-state index in [1.54, 1.807) is 6.07 Å². The first kappa shape index (κ1) is 13.8. The minimum Gasteiger partial charge on any atom is -0.334 e. The Morgan fingerprint density at radius 1 is 1.50 bits per heavy atom. The Kier molecular flexibility index (Phi) is 3.93. The summed E-state index contributed by atoms with van der Waals surface area (Å²) in [5.74, 6) is 0.956. The maximum Gasteiger partial charge on any atom is 0.259 e. The fourth-order valence-corrected chi connectivity index (χ4v) is 2.12. The van der Waals surface area contributed by atoms with Gasteiger partial charge in [-0.1, -0.05) is 23.7 Å². The van der Waals surface area contributed by atoms with Crippen LogP contribution in [0.2, 0.25) is 5.02 Å². The van der Waals surface area contributed by atoms with Crippen molar-refractivity contribution >= 4 is 34.2 Å². The van der Waals surface area contributed by atoms with E-state index in [1.165, 1.54) is 0 Å². The molecule has 1 aromatic carbocycles. The summed E-state index contributed by atoms with van der Waals surface area (Å²) in [6.07, 6.45) is 0.735. The Labute approximate surface area is 124 Å². The molecule has 2 aromatic rings.